The van der Waals surface area contributed by atoms with Gasteiger partial charge in [-0.15, -0.1) is 0 Å². The second-order valence-electron chi connectivity index (χ2n) is 3.73. The quantitative estimate of drug-likeness (QED) is 0.770. The first-order chi connectivity index (χ1) is 7.04. The lowest BCUT2D eigenvalue weighted by Gasteiger charge is -2.12. The van der Waals surface area contributed by atoms with Crippen molar-refractivity contribution < 1.29 is 9.53 Å². The van der Waals surface area contributed by atoms with Crippen LogP contribution in [0.1, 0.15) is 29.2 Å². The maximum absolute atomic E-state index is 11.0. The van der Waals surface area contributed by atoms with Gasteiger partial charge in [0.1, 0.15) is 0 Å². The molecule has 2 N–H and O–H groups in total. The largest absolute Gasteiger partial charge is 0.469 e. The lowest BCUT2D eigenvalue weighted by molar-refractivity contribution is -0.141. The van der Waals surface area contributed by atoms with Gasteiger partial charge in [0.05, 0.1) is 13.5 Å². The van der Waals surface area contributed by atoms with Gasteiger partial charge < -0.3 is 10.5 Å². The number of ether oxygens (including phenoxy) is 1. The Balaban J connectivity index is 2.78. The summed E-state index contributed by atoms with van der Waals surface area (Å²) >= 11 is 0. The van der Waals surface area contributed by atoms with E-state index in [4.69, 9.17) is 5.73 Å². The third-order valence-corrected chi connectivity index (χ3v) is 2.57. The molecule has 1 aromatic rings. The smallest absolute Gasteiger partial charge is 0.307 e. The highest BCUT2D eigenvalue weighted by atomic mass is 16.5. The van der Waals surface area contributed by atoms with Crippen molar-refractivity contribution in [3.05, 3.63) is 34.9 Å². The summed E-state index contributed by atoms with van der Waals surface area (Å²) in [5, 5.41) is 0. The summed E-state index contributed by atoms with van der Waals surface area (Å²) in [7, 11) is 1.37. The summed E-state index contributed by atoms with van der Waals surface area (Å²) in [6.45, 7) is 4.08. The molecule has 3 heteroatoms. The molecule has 0 aliphatic heterocycles. The van der Waals surface area contributed by atoms with E-state index in [1.807, 2.05) is 32.0 Å². The van der Waals surface area contributed by atoms with Gasteiger partial charge in [-0.2, -0.15) is 0 Å². The predicted octanol–water partition coefficient (Wildman–Crippen LogP) is 1.87. The van der Waals surface area contributed by atoms with Crippen molar-refractivity contribution in [1.82, 2.24) is 0 Å². The Bertz CT molecular complexity index is 361. The SMILES string of the molecule is COC(=O)C[C@@H](N)c1ccc(C)c(C)c1. The summed E-state index contributed by atoms with van der Waals surface area (Å²) in [4.78, 5) is 11.0. The number of nitrogens with two attached hydrogens (primary N) is 1. The number of benzene rings is 1. The van der Waals surface area contributed by atoms with E-state index < -0.39 is 0 Å². The van der Waals surface area contributed by atoms with Crippen LogP contribution in [0.5, 0.6) is 0 Å². The fourth-order valence-corrected chi connectivity index (χ4v) is 1.38. The van der Waals surface area contributed by atoms with Gasteiger partial charge in [-0.05, 0) is 30.5 Å². The first-order valence-electron chi connectivity index (χ1n) is 4.94. The van der Waals surface area contributed by atoms with Crippen LogP contribution in [0.25, 0.3) is 0 Å². The van der Waals surface area contributed by atoms with Crippen LogP contribution in [0, 0.1) is 13.8 Å². The summed E-state index contributed by atoms with van der Waals surface area (Å²) in [6.07, 6.45) is 0.221. The number of carbonyl (C=O) groups is 1. The van der Waals surface area contributed by atoms with Crippen molar-refractivity contribution in [3.8, 4) is 0 Å². The van der Waals surface area contributed by atoms with E-state index >= 15 is 0 Å². The molecule has 0 saturated carbocycles. The van der Waals surface area contributed by atoms with E-state index in [2.05, 4.69) is 4.74 Å². The first kappa shape index (κ1) is 11.7. The Hall–Kier alpha value is -1.35. The minimum atomic E-state index is -0.281. The molecule has 0 radical (unpaired) electrons. The fraction of sp³-hybridized carbons (Fsp3) is 0.417. The van der Waals surface area contributed by atoms with Crippen molar-refractivity contribution in [2.24, 2.45) is 5.73 Å². The highest BCUT2D eigenvalue weighted by molar-refractivity contribution is 5.70. The van der Waals surface area contributed by atoms with E-state index in [1.165, 1.54) is 18.2 Å². The predicted molar refractivity (Wildman–Crippen MR) is 59.5 cm³/mol. The molecule has 3 nitrogen and oxygen atoms in total. The van der Waals surface area contributed by atoms with Gasteiger partial charge >= 0.3 is 5.97 Å². The lowest BCUT2D eigenvalue weighted by atomic mass is 10.00. The summed E-state index contributed by atoms with van der Waals surface area (Å²) in [5.41, 5.74) is 9.28. The van der Waals surface area contributed by atoms with Gasteiger partial charge in [0.25, 0.3) is 0 Å². The molecule has 15 heavy (non-hydrogen) atoms. The molecular formula is C12H17NO2. The van der Waals surface area contributed by atoms with Crippen LogP contribution >= 0.6 is 0 Å². The molecule has 0 aliphatic carbocycles. The van der Waals surface area contributed by atoms with Crippen molar-refractivity contribution >= 4 is 5.97 Å². The molecule has 0 aromatic heterocycles. The molecule has 0 heterocycles. The highest BCUT2D eigenvalue weighted by Crippen LogP contribution is 2.18. The lowest BCUT2D eigenvalue weighted by Crippen LogP contribution is -2.16. The molecule has 1 rings (SSSR count). The molecule has 1 atom stereocenters. The van der Waals surface area contributed by atoms with Gasteiger partial charge in [-0.3, -0.25) is 4.79 Å². The summed E-state index contributed by atoms with van der Waals surface area (Å²) < 4.78 is 4.58. The molecule has 0 amide bonds. The van der Waals surface area contributed by atoms with Crippen molar-refractivity contribution in [3.63, 3.8) is 0 Å². The van der Waals surface area contributed by atoms with Gasteiger partial charge in [0.2, 0.25) is 0 Å². The number of rotatable bonds is 3. The minimum Gasteiger partial charge on any atom is -0.469 e. The van der Waals surface area contributed by atoms with E-state index in [0.29, 0.717) is 0 Å². The Morgan fingerprint density at radius 2 is 2.07 bits per heavy atom. The summed E-state index contributed by atoms with van der Waals surface area (Å²) in [5.74, 6) is -0.277. The normalized spacial score (nSPS) is 12.3. The van der Waals surface area contributed by atoms with E-state index in [1.54, 1.807) is 0 Å². The molecule has 0 spiro atoms. The minimum absolute atomic E-state index is 0.221. The second kappa shape index (κ2) is 4.94. The maximum Gasteiger partial charge on any atom is 0.307 e. The Morgan fingerprint density at radius 1 is 1.40 bits per heavy atom. The topological polar surface area (TPSA) is 52.3 Å². The zero-order chi connectivity index (χ0) is 11.4. The van der Waals surface area contributed by atoms with Crippen molar-refractivity contribution in [1.29, 1.82) is 0 Å². The van der Waals surface area contributed by atoms with Gasteiger partial charge in [-0.1, -0.05) is 18.2 Å². The maximum atomic E-state index is 11.0. The van der Waals surface area contributed by atoms with Crippen molar-refractivity contribution in [2.75, 3.05) is 7.11 Å². The number of carbonyl (C=O) groups excluding carboxylic acids is 1. The standard InChI is InChI=1S/C12H17NO2/c1-8-4-5-10(6-9(8)2)11(13)7-12(14)15-3/h4-6,11H,7,13H2,1-3H3/t11-/m1/s1. The van der Waals surface area contributed by atoms with Crippen LogP contribution in [-0.4, -0.2) is 13.1 Å². The molecule has 0 unspecified atom stereocenters. The van der Waals surface area contributed by atoms with Gasteiger partial charge in [0.15, 0.2) is 0 Å². The molecule has 0 fully saturated rings. The van der Waals surface area contributed by atoms with Crippen LogP contribution in [0.2, 0.25) is 0 Å². The van der Waals surface area contributed by atoms with E-state index in [9.17, 15) is 4.79 Å². The molecule has 82 valence electrons. The molecular weight excluding hydrogens is 190 g/mol. The van der Waals surface area contributed by atoms with Crippen LogP contribution in [0.3, 0.4) is 0 Å². The van der Waals surface area contributed by atoms with Crippen LogP contribution in [0.15, 0.2) is 18.2 Å². The average Bonchev–Trinajstić information content (AvgIpc) is 2.21. The van der Waals surface area contributed by atoms with Crippen LogP contribution in [0.4, 0.5) is 0 Å². The van der Waals surface area contributed by atoms with Crippen molar-refractivity contribution in [2.45, 2.75) is 26.3 Å². The number of aryl methyl sites for hydroxylation is 2. The Morgan fingerprint density at radius 3 is 2.60 bits per heavy atom. The van der Waals surface area contributed by atoms with Gasteiger partial charge in [-0.25, -0.2) is 0 Å². The monoisotopic (exact) mass is 207 g/mol. The first-order valence-corrected chi connectivity index (χ1v) is 4.94. The Labute approximate surface area is 90.2 Å². The molecule has 1 aromatic carbocycles. The number of methoxy groups -OCH3 is 1. The highest BCUT2D eigenvalue weighted by Gasteiger charge is 2.12. The zero-order valence-corrected chi connectivity index (χ0v) is 9.41. The summed E-state index contributed by atoms with van der Waals surface area (Å²) in [6, 6.07) is 5.71. The van der Waals surface area contributed by atoms with Crippen LogP contribution < -0.4 is 5.73 Å². The van der Waals surface area contributed by atoms with Crippen LogP contribution in [-0.2, 0) is 9.53 Å². The number of esters is 1. The van der Waals surface area contributed by atoms with E-state index in [-0.39, 0.29) is 18.4 Å². The molecule has 0 aliphatic rings. The van der Waals surface area contributed by atoms with Gasteiger partial charge in [0, 0.05) is 6.04 Å². The zero-order valence-electron chi connectivity index (χ0n) is 9.41. The molecule has 0 bridgehead atoms. The number of hydrogen-bond donors (Lipinski definition) is 1. The fourth-order valence-electron chi connectivity index (χ4n) is 1.38. The van der Waals surface area contributed by atoms with E-state index in [0.717, 1.165) is 5.56 Å². The third-order valence-electron chi connectivity index (χ3n) is 2.57. The second-order valence-corrected chi connectivity index (χ2v) is 3.73. The number of hydrogen-bond acceptors (Lipinski definition) is 3. The average molecular weight is 207 g/mol. The Kier molecular flexibility index (Phi) is 3.86. The molecule has 0 saturated heterocycles. The third kappa shape index (κ3) is 3.06.